The number of thioether (sulfide) groups is 1. The van der Waals surface area contributed by atoms with Gasteiger partial charge in [-0.05, 0) is 62.6 Å². The zero-order valence-corrected chi connectivity index (χ0v) is 22.5. The molecular formula is C25H30BrN5O2S. The molecule has 34 heavy (non-hydrogen) atoms. The summed E-state index contributed by atoms with van der Waals surface area (Å²) < 4.78 is 2.93. The molecule has 0 fully saturated rings. The molecule has 9 heteroatoms. The third-order valence-electron chi connectivity index (χ3n) is 5.37. The number of carbonyl (C=O) groups excluding carboxylic acids is 2. The van der Waals surface area contributed by atoms with E-state index in [1.54, 1.807) is 6.07 Å². The van der Waals surface area contributed by atoms with Gasteiger partial charge < -0.3 is 15.2 Å². The number of rotatable bonds is 9. The van der Waals surface area contributed by atoms with Crippen molar-refractivity contribution in [2.45, 2.75) is 52.4 Å². The third-order valence-corrected chi connectivity index (χ3v) is 6.83. The number of carbonyl (C=O) groups is 2. The van der Waals surface area contributed by atoms with Gasteiger partial charge in [-0.2, -0.15) is 0 Å². The van der Waals surface area contributed by atoms with Crippen LogP contribution in [0.1, 0.15) is 54.1 Å². The highest BCUT2D eigenvalue weighted by Crippen LogP contribution is 2.26. The lowest BCUT2D eigenvalue weighted by molar-refractivity contribution is -0.113. The predicted molar refractivity (Wildman–Crippen MR) is 140 cm³/mol. The minimum Gasteiger partial charge on any atom is -0.342 e. The average Bonchev–Trinajstić information content (AvgIpc) is 3.20. The SMILES string of the molecule is CCn1c(SCC(=O)Nc2ccc(Br)cc2C)nnc1[C@H](NC(=O)c1cccc(C)c1)C(C)C. The zero-order chi connectivity index (χ0) is 24.8. The normalized spacial score (nSPS) is 12.0. The zero-order valence-electron chi connectivity index (χ0n) is 20.1. The second-order valence-electron chi connectivity index (χ2n) is 8.45. The molecule has 3 rings (SSSR count). The van der Waals surface area contributed by atoms with E-state index in [9.17, 15) is 9.59 Å². The lowest BCUT2D eigenvalue weighted by Gasteiger charge is -2.22. The third kappa shape index (κ3) is 6.48. The van der Waals surface area contributed by atoms with Gasteiger partial charge in [0.25, 0.3) is 5.91 Å². The molecule has 0 aliphatic carbocycles. The number of nitrogens with one attached hydrogen (secondary N) is 2. The van der Waals surface area contributed by atoms with E-state index in [1.165, 1.54) is 11.8 Å². The highest BCUT2D eigenvalue weighted by Gasteiger charge is 2.26. The van der Waals surface area contributed by atoms with E-state index in [1.807, 2.05) is 75.6 Å². The van der Waals surface area contributed by atoms with Crippen molar-refractivity contribution in [1.29, 1.82) is 0 Å². The standard InChI is InChI=1S/C25H30BrN5O2S/c1-6-31-23(22(15(2)3)28-24(33)18-9-7-8-16(4)12-18)29-30-25(31)34-14-21(32)27-20-11-10-19(26)13-17(20)5/h7-13,15,22H,6,14H2,1-5H3,(H,27,32)(H,28,33)/t22-/m1/s1. The van der Waals surface area contributed by atoms with E-state index in [0.29, 0.717) is 23.1 Å². The summed E-state index contributed by atoms with van der Waals surface area (Å²) in [6.45, 7) is 10.6. The molecule has 0 saturated heterocycles. The summed E-state index contributed by atoms with van der Waals surface area (Å²) in [5.74, 6) is 0.729. The molecule has 2 aromatic carbocycles. The van der Waals surface area contributed by atoms with Gasteiger partial charge in [0.2, 0.25) is 5.91 Å². The fourth-order valence-electron chi connectivity index (χ4n) is 3.56. The van der Waals surface area contributed by atoms with Crippen molar-refractivity contribution in [3.05, 3.63) is 69.5 Å². The number of amides is 2. The van der Waals surface area contributed by atoms with Crippen molar-refractivity contribution in [2.75, 3.05) is 11.1 Å². The molecule has 7 nitrogen and oxygen atoms in total. The van der Waals surface area contributed by atoms with Crippen LogP contribution in [0, 0.1) is 19.8 Å². The Kier molecular flexibility index (Phi) is 8.90. The molecular weight excluding hydrogens is 514 g/mol. The Labute approximate surface area is 213 Å². The summed E-state index contributed by atoms with van der Waals surface area (Å²) in [6.07, 6.45) is 0. The first kappa shape index (κ1) is 26.0. The number of halogens is 1. The molecule has 180 valence electrons. The van der Waals surface area contributed by atoms with Crippen LogP contribution in [0.15, 0.2) is 52.1 Å². The number of aromatic nitrogens is 3. The maximum atomic E-state index is 12.9. The quantitative estimate of drug-likeness (QED) is 0.346. The number of anilines is 1. The van der Waals surface area contributed by atoms with Gasteiger partial charge in [-0.3, -0.25) is 9.59 Å². The molecule has 1 aromatic heterocycles. The monoisotopic (exact) mass is 543 g/mol. The van der Waals surface area contributed by atoms with Crippen LogP contribution in [0.2, 0.25) is 0 Å². The van der Waals surface area contributed by atoms with Crippen molar-refractivity contribution in [3.8, 4) is 0 Å². The summed E-state index contributed by atoms with van der Waals surface area (Å²) >= 11 is 4.76. The topological polar surface area (TPSA) is 88.9 Å². The van der Waals surface area contributed by atoms with Crippen LogP contribution in [0.3, 0.4) is 0 Å². The second-order valence-corrected chi connectivity index (χ2v) is 10.3. The Morgan fingerprint density at radius 3 is 2.53 bits per heavy atom. The van der Waals surface area contributed by atoms with Crippen molar-refractivity contribution in [1.82, 2.24) is 20.1 Å². The molecule has 0 unspecified atom stereocenters. The Morgan fingerprint density at radius 2 is 1.88 bits per heavy atom. The van der Waals surface area contributed by atoms with Crippen LogP contribution < -0.4 is 10.6 Å². The average molecular weight is 545 g/mol. The largest absolute Gasteiger partial charge is 0.342 e. The van der Waals surface area contributed by atoms with Gasteiger partial charge in [0.15, 0.2) is 11.0 Å². The lowest BCUT2D eigenvalue weighted by Crippen LogP contribution is -2.33. The molecule has 0 aliphatic heterocycles. The number of nitrogens with zero attached hydrogens (tertiary/aromatic N) is 3. The van der Waals surface area contributed by atoms with E-state index in [-0.39, 0.29) is 29.5 Å². The van der Waals surface area contributed by atoms with Crippen LogP contribution in [0.5, 0.6) is 0 Å². The first-order valence-electron chi connectivity index (χ1n) is 11.2. The van der Waals surface area contributed by atoms with Crippen LogP contribution >= 0.6 is 27.7 Å². The minimum absolute atomic E-state index is 0.102. The Morgan fingerprint density at radius 1 is 1.12 bits per heavy atom. The van der Waals surface area contributed by atoms with Gasteiger partial charge in [0, 0.05) is 22.3 Å². The fourth-order valence-corrected chi connectivity index (χ4v) is 4.84. The smallest absolute Gasteiger partial charge is 0.251 e. The number of aryl methyl sites for hydroxylation is 2. The Balaban J connectivity index is 1.72. The first-order chi connectivity index (χ1) is 16.2. The first-order valence-corrected chi connectivity index (χ1v) is 13.0. The van der Waals surface area contributed by atoms with Crippen LogP contribution in [-0.2, 0) is 11.3 Å². The maximum Gasteiger partial charge on any atom is 0.251 e. The molecule has 2 amide bonds. The molecule has 0 saturated carbocycles. The summed E-state index contributed by atoms with van der Waals surface area (Å²) in [6, 6.07) is 12.9. The van der Waals surface area contributed by atoms with Crippen molar-refractivity contribution < 1.29 is 9.59 Å². The van der Waals surface area contributed by atoms with E-state index in [0.717, 1.165) is 21.3 Å². The number of benzene rings is 2. The summed E-state index contributed by atoms with van der Waals surface area (Å²) in [5.41, 5.74) is 3.41. The Hall–Kier alpha value is -2.65. The van der Waals surface area contributed by atoms with E-state index in [4.69, 9.17) is 0 Å². The van der Waals surface area contributed by atoms with Crippen LogP contribution in [-0.4, -0.2) is 32.3 Å². The summed E-state index contributed by atoms with van der Waals surface area (Å²) in [4.78, 5) is 25.4. The van der Waals surface area contributed by atoms with Crippen LogP contribution in [0.4, 0.5) is 5.69 Å². The lowest BCUT2D eigenvalue weighted by atomic mass is 10.0. The molecule has 0 bridgehead atoms. The van der Waals surface area contributed by atoms with E-state index in [2.05, 4.69) is 36.8 Å². The van der Waals surface area contributed by atoms with Crippen molar-refractivity contribution >= 4 is 45.2 Å². The Bertz CT molecular complexity index is 1180. The van der Waals surface area contributed by atoms with Gasteiger partial charge in [0.05, 0.1) is 11.8 Å². The molecule has 3 aromatic rings. The maximum absolute atomic E-state index is 12.9. The highest BCUT2D eigenvalue weighted by molar-refractivity contribution is 9.10. The summed E-state index contributed by atoms with van der Waals surface area (Å²) in [5, 5.41) is 15.4. The minimum atomic E-state index is -0.311. The molecule has 0 spiro atoms. The molecule has 1 heterocycles. The van der Waals surface area contributed by atoms with Crippen molar-refractivity contribution in [3.63, 3.8) is 0 Å². The molecule has 0 radical (unpaired) electrons. The number of hydrogen-bond acceptors (Lipinski definition) is 5. The van der Waals surface area contributed by atoms with Gasteiger partial charge in [0.1, 0.15) is 0 Å². The van der Waals surface area contributed by atoms with Crippen molar-refractivity contribution in [2.24, 2.45) is 5.92 Å². The van der Waals surface area contributed by atoms with Gasteiger partial charge in [-0.25, -0.2) is 0 Å². The van der Waals surface area contributed by atoms with E-state index >= 15 is 0 Å². The highest BCUT2D eigenvalue weighted by atomic mass is 79.9. The fraction of sp³-hybridized carbons (Fsp3) is 0.360. The van der Waals surface area contributed by atoms with Gasteiger partial charge in [-0.1, -0.05) is 59.2 Å². The molecule has 0 aliphatic rings. The van der Waals surface area contributed by atoms with Gasteiger partial charge >= 0.3 is 0 Å². The van der Waals surface area contributed by atoms with Gasteiger partial charge in [-0.15, -0.1) is 10.2 Å². The molecule has 2 N–H and O–H groups in total. The predicted octanol–water partition coefficient (Wildman–Crippen LogP) is 5.54. The van der Waals surface area contributed by atoms with E-state index < -0.39 is 0 Å². The molecule has 1 atom stereocenters. The summed E-state index contributed by atoms with van der Waals surface area (Å²) in [7, 11) is 0. The van der Waals surface area contributed by atoms with Crippen LogP contribution in [0.25, 0.3) is 0 Å². The number of hydrogen-bond donors (Lipinski definition) is 2. The second kappa shape index (κ2) is 11.7.